The first-order valence-corrected chi connectivity index (χ1v) is 10.1. The van der Waals surface area contributed by atoms with Gasteiger partial charge in [-0.1, -0.05) is 23.2 Å². The van der Waals surface area contributed by atoms with Crippen LogP contribution in [0.3, 0.4) is 0 Å². The van der Waals surface area contributed by atoms with E-state index in [1.807, 2.05) is 19.0 Å². The van der Waals surface area contributed by atoms with Crippen molar-refractivity contribution in [1.82, 2.24) is 14.5 Å². The Morgan fingerprint density at radius 1 is 1.19 bits per heavy atom. The van der Waals surface area contributed by atoms with E-state index in [2.05, 4.69) is 10.2 Å². The van der Waals surface area contributed by atoms with Gasteiger partial charge in [0.05, 0.1) is 11.6 Å². The van der Waals surface area contributed by atoms with E-state index < -0.39 is 10.0 Å². The minimum atomic E-state index is -3.74. The lowest BCUT2D eigenvalue weighted by molar-refractivity contribution is 0.204. The molecule has 7 nitrogen and oxygen atoms in total. The monoisotopic (exact) mass is 416 g/mol. The highest BCUT2D eigenvalue weighted by Crippen LogP contribution is 2.30. The Morgan fingerprint density at radius 3 is 2.62 bits per heavy atom. The molecular formula is C16H18Cl2N4O3S. The van der Waals surface area contributed by atoms with E-state index in [0.29, 0.717) is 29.7 Å². The minimum Gasteiger partial charge on any atom is -0.472 e. The van der Waals surface area contributed by atoms with Gasteiger partial charge in [-0.2, -0.15) is 4.31 Å². The SMILES string of the molecule is CN(C)c1ccc(OC2CCN(S(=O)(=O)c3cc(Cl)ccc3Cl)C2)nn1. The number of aromatic nitrogens is 2. The number of rotatable bonds is 5. The van der Waals surface area contributed by atoms with E-state index >= 15 is 0 Å². The van der Waals surface area contributed by atoms with Gasteiger partial charge in [-0.3, -0.25) is 0 Å². The molecule has 1 aliphatic rings. The molecule has 1 saturated heterocycles. The summed E-state index contributed by atoms with van der Waals surface area (Å²) in [7, 11) is -0.00821. The molecule has 0 radical (unpaired) electrons. The Kier molecular flexibility index (Phi) is 5.57. The van der Waals surface area contributed by atoms with E-state index in [1.165, 1.54) is 16.4 Å². The molecule has 3 rings (SSSR count). The fourth-order valence-electron chi connectivity index (χ4n) is 2.61. The highest BCUT2D eigenvalue weighted by atomic mass is 35.5. The number of ether oxygens (including phenoxy) is 1. The number of benzene rings is 1. The van der Waals surface area contributed by atoms with Gasteiger partial charge in [0.15, 0.2) is 5.82 Å². The maximum Gasteiger partial charge on any atom is 0.244 e. The maximum absolute atomic E-state index is 12.8. The van der Waals surface area contributed by atoms with E-state index in [4.69, 9.17) is 27.9 Å². The Hall–Kier alpha value is -1.61. The summed E-state index contributed by atoms with van der Waals surface area (Å²) in [6.45, 7) is 0.543. The molecule has 1 atom stereocenters. The highest BCUT2D eigenvalue weighted by Gasteiger charge is 2.35. The fourth-order valence-corrected chi connectivity index (χ4v) is 4.83. The van der Waals surface area contributed by atoms with Crippen LogP contribution in [0.4, 0.5) is 5.82 Å². The first-order valence-electron chi connectivity index (χ1n) is 7.90. The van der Waals surface area contributed by atoms with Crippen LogP contribution in [-0.2, 0) is 10.0 Å². The molecule has 0 bridgehead atoms. The molecule has 1 aromatic carbocycles. The third-order valence-corrected chi connectivity index (χ3v) is 6.57. The van der Waals surface area contributed by atoms with Crippen molar-refractivity contribution in [3.8, 4) is 5.88 Å². The topological polar surface area (TPSA) is 75.6 Å². The van der Waals surface area contributed by atoms with Crippen molar-refractivity contribution < 1.29 is 13.2 Å². The molecular weight excluding hydrogens is 399 g/mol. The first kappa shape index (κ1) is 19.2. The number of anilines is 1. The molecule has 0 aliphatic carbocycles. The van der Waals surface area contributed by atoms with Crippen molar-refractivity contribution in [1.29, 1.82) is 0 Å². The summed E-state index contributed by atoms with van der Waals surface area (Å²) in [5.41, 5.74) is 0. The van der Waals surface area contributed by atoms with Gasteiger partial charge in [-0.15, -0.1) is 10.2 Å². The van der Waals surface area contributed by atoms with Crippen molar-refractivity contribution in [2.45, 2.75) is 17.4 Å². The lowest BCUT2D eigenvalue weighted by Gasteiger charge is -2.18. The Labute approximate surface area is 162 Å². The van der Waals surface area contributed by atoms with Gasteiger partial charge in [-0.05, 0) is 30.7 Å². The third-order valence-electron chi connectivity index (χ3n) is 3.99. The first-order chi connectivity index (χ1) is 12.3. The van der Waals surface area contributed by atoms with Gasteiger partial charge in [0.2, 0.25) is 15.9 Å². The van der Waals surface area contributed by atoms with Gasteiger partial charge in [0.25, 0.3) is 0 Å². The minimum absolute atomic E-state index is 0.00226. The van der Waals surface area contributed by atoms with Crippen LogP contribution in [0, 0.1) is 0 Å². The van der Waals surface area contributed by atoms with Crippen LogP contribution in [0.25, 0.3) is 0 Å². The van der Waals surface area contributed by atoms with Crippen molar-refractivity contribution in [3.63, 3.8) is 0 Å². The standard InChI is InChI=1S/C16H18Cl2N4O3S/c1-21(2)15-5-6-16(20-19-15)25-12-7-8-22(10-12)26(23,24)14-9-11(17)3-4-13(14)18/h3-6,9,12H,7-8,10H2,1-2H3. The molecule has 0 amide bonds. The molecule has 0 spiro atoms. The lowest BCUT2D eigenvalue weighted by Crippen LogP contribution is -2.31. The van der Waals surface area contributed by atoms with E-state index in [1.54, 1.807) is 18.2 Å². The average molecular weight is 417 g/mol. The second-order valence-corrected chi connectivity index (χ2v) is 8.84. The zero-order chi connectivity index (χ0) is 18.9. The van der Waals surface area contributed by atoms with Crippen LogP contribution < -0.4 is 9.64 Å². The quantitative estimate of drug-likeness (QED) is 0.745. The summed E-state index contributed by atoms with van der Waals surface area (Å²) in [6, 6.07) is 7.89. The van der Waals surface area contributed by atoms with Crippen molar-refractivity contribution >= 4 is 39.0 Å². The zero-order valence-electron chi connectivity index (χ0n) is 14.3. The molecule has 2 aromatic rings. The Bertz CT molecular complexity index is 891. The number of nitrogens with zero attached hydrogens (tertiary/aromatic N) is 4. The fraction of sp³-hybridized carbons (Fsp3) is 0.375. The maximum atomic E-state index is 12.8. The van der Waals surface area contributed by atoms with Gasteiger partial charge in [-0.25, -0.2) is 8.42 Å². The zero-order valence-corrected chi connectivity index (χ0v) is 16.6. The summed E-state index contributed by atoms with van der Waals surface area (Å²) in [5.74, 6) is 1.07. The van der Waals surface area contributed by atoms with Crippen LogP contribution in [0.2, 0.25) is 10.0 Å². The number of sulfonamides is 1. The predicted molar refractivity (Wildman–Crippen MR) is 101 cm³/mol. The molecule has 10 heteroatoms. The summed E-state index contributed by atoms with van der Waals surface area (Å²) in [4.78, 5) is 1.83. The van der Waals surface area contributed by atoms with Crippen molar-refractivity contribution in [2.24, 2.45) is 0 Å². The van der Waals surface area contributed by atoms with Gasteiger partial charge < -0.3 is 9.64 Å². The summed E-state index contributed by atoms with van der Waals surface area (Å²) < 4.78 is 32.7. The molecule has 0 saturated carbocycles. The highest BCUT2D eigenvalue weighted by molar-refractivity contribution is 7.89. The van der Waals surface area contributed by atoms with Gasteiger partial charge in [0.1, 0.15) is 11.0 Å². The Morgan fingerprint density at radius 2 is 1.96 bits per heavy atom. The molecule has 2 heterocycles. The number of hydrogen-bond donors (Lipinski definition) is 0. The van der Waals surface area contributed by atoms with Crippen LogP contribution in [-0.4, -0.2) is 56.2 Å². The molecule has 0 N–H and O–H groups in total. The predicted octanol–water partition coefficient (Wildman–Crippen LogP) is 2.69. The smallest absolute Gasteiger partial charge is 0.244 e. The second-order valence-electron chi connectivity index (χ2n) is 6.09. The summed E-state index contributed by atoms with van der Waals surface area (Å²) in [5, 5.41) is 8.52. The molecule has 1 fully saturated rings. The van der Waals surface area contributed by atoms with E-state index in [-0.39, 0.29) is 22.6 Å². The normalized spacial score (nSPS) is 18.1. The van der Waals surface area contributed by atoms with Gasteiger partial charge in [0, 0.05) is 31.7 Å². The third kappa shape index (κ3) is 4.03. The van der Waals surface area contributed by atoms with Crippen LogP contribution in [0.1, 0.15) is 6.42 Å². The van der Waals surface area contributed by atoms with Crippen LogP contribution in [0.5, 0.6) is 5.88 Å². The largest absolute Gasteiger partial charge is 0.472 e. The van der Waals surface area contributed by atoms with Crippen LogP contribution >= 0.6 is 23.2 Å². The molecule has 1 aliphatic heterocycles. The molecule has 1 aromatic heterocycles. The van der Waals surface area contributed by atoms with Crippen molar-refractivity contribution in [2.75, 3.05) is 32.1 Å². The lowest BCUT2D eigenvalue weighted by atomic mass is 10.3. The number of hydrogen-bond acceptors (Lipinski definition) is 6. The average Bonchev–Trinajstić information content (AvgIpc) is 3.07. The molecule has 1 unspecified atom stereocenters. The van der Waals surface area contributed by atoms with Gasteiger partial charge >= 0.3 is 0 Å². The second kappa shape index (κ2) is 7.56. The number of halogens is 2. The summed E-state index contributed by atoms with van der Waals surface area (Å²) >= 11 is 12.0. The Balaban J connectivity index is 1.70. The summed E-state index contributed by atoms with van der Waals surface area (Å²) in [6.07, 6.45) is 0.247. The molecule has 140 valence electrons. The molecule has 26 heavy (non-hydrogen) atoms. The van der Waals surface area contributed by atoms with E-state index in [0.717, 1.165) is 0 Å². The van der Waals surface area contributed by atoms with Crippen molar-refractivity contribution in [3.05, 3.63) is 40.4 Å². The van der Waals surface area contributed by atoms with Crippen LogP contribution in [0.15, 0.2) is 35.2 Å². The van der Waals surface area contributed by atoms with E-state index in [9.17, 15) is 8.42 Å².